The molecule has 2 N–H and O–H groups in total. The zero-order chi connectivity index (χ0) is 12.1. The molecule has 2 aromatic rings. The van der Waals surface area contributed by atoms with Gasteiger partial charge in [-0.1, -0.05) is 30.3 Å². The van der Waals surface area contributed by atoms with Crippen LogP contribution in [-0.4, -0.2) is 24.4 Å². The van der Waals surface area contributed by atoms with Gasteiger partial charge in [-0.15, -0.1) is 0 Å². The second-order valence-corrected chi connectivity index (χ2v) is 5.47. The summed E-state index contributed by atoms with van der Waals surface area (Å²) in [5, 5.41) is 6.22. The van der Waals surface area contributed by atoms with Gasteiger partial charge in [-0.25, -0.2) is 8.42 Å². The van der Waals surface area contributed by atoms with Crippen molar-refractivity contribution in [2.45, 2.75) is 6.42 Å². The van der Waals surface area contributed by atoms with Crippen molar-refractivity contribution in [3.63, 3.8) is 0 Å². The van der Waals surface area contributed by atoms with E-state index in [2.05, 4.69) is 14.9 Å². The molecular formula is C11H13N3O2S. The predicted molar refractivity (Wildman–Crippen MR) is 66.1 cm³/mol. The Hall–Kier alpha value is -1.82. The zero-order valence-corrected chi connectivity index (χ0v) is 9.94. The van der Waals surface area contributed by atoms with Crippen LogP contribution in [0.5, 0.6) is 0 Å². The third kappa shape index (κ3) is 3.60. The van der Waals surface area contributed by atoms with Crippen molar-refractivity contribution in [1.82, 2.24) is 10.2 Å². The van der Waals surface area contributed by atoms with Crippen LogP contribution in [0.25, 0.3) is 0 Å². The van der Waals surface area contributed by atoms with E-state index >= 15 is 0 Å². The minimum atomic E-state index is -3.32. The highest BCUT2D eigenvalue weighted by molar-refractivity contribution is 7.92. The quantitative estimate of drug-likeness (QED) is 0.843. The Kier molecular flexibility index (Phi) is 3.43. The minimum absolute atomic E-state index is 0.0516. The predicted octanol–water partition coefficient (Wildman–Crippen LogP) is 1.39. The molecule has 6 heteroatoms. The lowest BCUT2D eigenvalue weighted by atomic mass is 10.2. The van der Waals surface area contributed by atoms with Crippen LogP contribution < -0.4 is 4.72 Å². The molecule has 0 spiro atoms. The Morgan fingerprint density at radius 2 is 1.94 bits per heavy atom. The molecule has 0 radical (unpaired) electrons. The van der Waals surface area contributed by atoms with E-state index in [4.69, 9.17) is 0 Å². The molecule has 0 saturated carbocycles. The number of rotatable bonds is 5. The Balaban J connectivity index is 1.94. The first-order valence-electron chi connectivity index (χ1n) is 5.19. The van der Waals surface area contributed by atoms with E-state index in [9.17, 15) is 8.42 Å². The van der Waals surface area contributed by atoms with E-state index in [1.165, 1.54) is 6.20 Å². The SMILES string of the molecule is O=S(=O)(CCc1ccccc1)Nc1ccn[nH]1. The van der Waals surface area contributed by atoms with E-state index in [1.807, 2.05) is 30.3 Å². The van der Waals surface area contributed by atoms with Crippen LogP contribution in [0.1, 0.15) is 5.56 Å². The summed E-state index contributed by atoms with van der Waals surface area (Å²) >= 11 is 0. The highest BCUT2D eigenvalue weighted by atomic mass is 32.2. The molecule has 17 heavy (non-hydrogen) atoms. The Morgan fingerprint density at radius 1 is 1.18 bits per heavy atom. The van der Waals surface area contributed by atoms with Gasteiger partial charge >= 0.3 is 0 Å². The molecule has 0 atom stereocenters. The smallest absolute Gasteiger partial charge is 0.234 e. The number of anilines is 1. The van der Waals surface area contributed by atoms with Gasteiger partial charge in [0.1, 0.15) is 5.82 Å². The standard InChI is InChI=1S/C11H13N3O2S/c15-17(16,14-11-6-8-12-13-11)9-7-10-4-2-1-3-5-10/h1-6,8H,7,9H2,(H2,12,13,14). The fourth-order valence-electron chi connectivity index (χ4n) is 1.43. The third-order valence-corrected chi connectivity index (χ3v) is 3.54. The number of sulfonamides is 1. The lowest BCUT2D eigenvalue weighted by molar-refractivity contribution is 0.600. The summed E-state index contributed by atoms with van der Waals surface area (Å²) in [6.07, 6.45) is 1.99. The van der Waals surface area contributed by atoms with Crippen LogP contribution in [0.15, 0.2) is 42.6 Å². The number of hydrogen-bond acceptors (Lipinski definition) is 3. The number of hydrogen-bond donors (Lipinski definition) is 2. The molecular weight excluding hydrogens is 238 g/mol. The maximum atomic E-state index is 11.7. The number of nitrogens with zero attached hydrogens (tertiary/aromatic N) is 1. The molecule has 1 aromatic heterocycles. The van der Waals surface area contributed by atoms with Crippen molar-refractivity contribution < 1.29 is 8.42 Å². The van der Waals surface area contributed by atoms with Crippen LogP contribution in [0, 0.1) is 0 Å². The van der Waals surface area contributed by atoms with Crippen LogP contribution >= 0.6 is 0 Å². The van der Waals surface area contributed by atoms with Crippen molar-refractivity contribution in [3.8, 4) is 0 Å². The van der Waals surface area contributed by atoms with Crippen LogP contribution in [0.4, 0.5) is 5.82 Å². The molecule has 0 aliphatic rings. The van der Waals surface area contributed by atoms with Gasteiger partial charge < -0.3 is 0 Å². The van der Waals surface area contributed by atoms with Crippen molar-refractivity contribution in [3.05, 3.63) is 48.2 Å². The van der Waals surface area contributed by atoms with Gasteiger partial charge in [0, 0.05) is 6.07 Å². The summed E-state index contributed by atoms with van der Waals surface area (Å²) < 4.78 is 25.8. The molecule has 5 nitrogen and oxygen atoms in total. The Morgan fingerprint density at radius 3 is 2.59 bits per heavy atom. The molecule has 1 heterocycles. The molecule has 0 aliphatic carbocycles. The second kappa shape index (κ2) is 5.01. The number of aromatic nitrogens is 2. The van der Waals surface area contributed by atoms with Crippen LogP contribution in [-0.2, 0) is 16.4 Å². The lowest BCUT2D eigenvalue weighted by Crippen LogP contribution is -2.18. The van der Waals surface area contributed by atoms with Crippen LogP contribution in [0.2, 0.25) is 0 Å². The molecule has 0 amide bonds. The minimum Gasteiger partial charge on any atom is -0.268 e. The molecule has 90 valence electrons. The van der Waals surface area contributed by atoms with Gasteiger partial charge in [-0.3, -0.25) is 9.82 Å². The van der Waals surface area contributed by atoms with E-state index < -0.39 is 10.0 Å². The summed E-state index contributed by atoms with van der Waals surface area (Å²) in [7, 11) is -3.32. The van der Waals surface area contributed by atoms with Gasteiger partial charge in [-0.05, 0) is 12.0 Å². The maximum absolute atomic E-state index is 11.7. The fraction of sp³-hybridized carbons (Fsp3) is 0.182. The maximum Gasteiger partial charge on any atom is 0.234 e. The molecule has 2 rings (SSSR count). The van der Waals surface area contributed by atoms with Crippen molar-refractivity contribution in [1.29, 1.82) is 0 Å². The molecule has 0 saturated heterocycles. The highest BCUT2D eigenvalue weighted by Crippen LogP contribution is 2.06. The van der Waals surface area contributed by atoms with Crippen molar-refractivity contribution in [2.75, 3.05) is 10.5 Å². The first kappa shape index (κ1) is 11.7. The molecule has 0 aliphatic heterocycles. The number of aryl methyl sites for hydroxylation is 1. The van der Waals surface area contributed by atoms with Gasteiger partial charge in [0.05, 0.1) is 11.9 Å². The summed E-state index contributed by atoms with van der Waals surface area (Å²) in [6.45, 7) is 0. The number of H-pyrrole nitrogens is 1. The van der Waals surface area contributed by atoms with Gasteiger partial charge in [0.15, 0.2) is 0 Å². The summed E-state index contributed by atoms with van der Waals surface area (Å²) in [4.78, 5) is 0. The summed E-state index contributed by atoms with van der Waals surface area (Å²) in [5.74, 6) is 0.439. The number of nitrogens with one attached hydrogen (secondary N) is 2. The monoisotopic (exact) mass is 251 g/mol. The first-order valence-corrected chi connectivity index (χ1v) is 6.85. The average molecular weight is 251 g/mol. The van der Waals surface area contributed by atoms with E-state index in [0.29, 0.717) is 12.2 Å². The number of benzene rings is 1. The summed E-state index contributed by atoms with van der Waals surface area (Å²) in [5.41, 5.74) is 1.00. The largest absolute Gasteiger partial charge is 0.268 e. The first-order chi connectivity index (χ1) is 8.16. The van der Waals surface area contributed by atoms with E-state index in [1.54, 1.807) is 6.07 Å². The zero-order valence-electron chi connectivity index (χ0n) is 9.13. The molecule has 0 bridgehead atoms. The van der Waals surface area contributed by atoms with E-state index in [-0.39, 0.29) is 5.75 Å². The fourth-order valence-corrected chi connectivity index (χ4v) is 2.48. The molecule has 0 unspecified atom stereocenters. The lowest BCUT2D eigenvalue weighted by Gasteiger charge is -2.05. The normalized spacial score (nSPS) is 11.3. The Labute approximate surface area is 99.9 Å². The Bertz CT molecular complexity index is 550. The van der Waals surface area contributed by atoms with Gasteiger partial charge in [-0.2, -0.15) is 5.10 Å². The third-order valence-electron chi connectivity index (χ3n) is 2.27. The second-order valence-electron chi connectivity index (χ2n) is 3.63. The van der Waals surface area contributed by atoms with E-state index in [0.717, 1.165) is 5.56 Å². The van der Waals surface area contributed by atoms with Gasteiger partial charge in [0.2, 0.25) is 10.0 Å². The number of aromatic amines is 1. The summed E-state index contributed by atoms with van der Waals surface area (Å²) in [6, 6.07) is 11.1. The van der Waals surface area contributed by atoms with Crippen molar-refractivity contribution >= 4 is 15.8 Å². The molecule has 1 aromatic carbocycles. The molecule has 0 fully saturated rings. The van der Waals surface area contributed by atoms with Gasteiger partial charge in [0.25, 0.3) is 0 Å². The van der Waals surface area contributed by atoms with Crippen molar-refractivity contribution in [2.24, 2.45) is 0 Å². The van der Waals surface area contributed by atoms with Crippen LogP contribution in [0.3, 0.4) is 0 Å². The highest BCUT2D eigenvalue weighted by Gasteiger charge is 2.10. The topological polar surface area (TPSA) is 74.8 Å². The average Bonchev–Trinajstić information content (AvgIpc) is 2.80.